The maximum absolute atomic E-state index is 11.2. The number of carbonyl (C=O) groups is 1. The van der Waals surface area contributed by atoms with Gasteiger partial charge in [-0.1, -0.05) is 30.3 Å². The van der Waals surface area contributed by atoms with Crippen LogP contribution in [0.4, 0.5) is 0 Å². The molecular weight excluding hydrogens is 242 g/mol. The second kappa shape index (κ2) is 6.68. The molecule has 19 heavy (non-hydrogen) atoms. The Hall–Kier alpha value is -1.39. The van der Waals surface area contributed by atoms with Crippen molar-refractivity contribution in [1.29, 1.82) is 0 Å². The second-order valence-electron chi connectivity index (χ2n) is 5.05. The lowest BCUT2D eigenvalue weighted by molar-refractivity contribution is -0.144. The van der Waals surface area contributed by atoms with E-state index < -0.39 is 5.97 Å². The molecule has 2 atom stereocenters. The van der Waals surface area contributed by atoms with Crippen LogP contribution in [0.25, 0.3) is 0 Å². The second-order valence-corrected chi connectivity index (χ2v) is 5.05. The van der Waals surface area contributed by atoms with Gasteiger partial charge in [0.2, 0.25) is 0 Å². The van der Waals surface area contributed by atoms with Gasteiger partial charge in [-0.25, -0.2) is 0 Å². The number of aliphatic carboxylic acids is 1. The number of benzene rings is 1. The molecule has 1 aromatic rings. The number of hydrogen-bond acceptors (Lipinski definition) is 3. The molecule has 0 amide bonds. The minimum atomic E-state index is -0.686. The number of rotatable bonds is 5. The van der Waals surface area contributed by atoms with Crippen molar-refractivity contribution in [1.82, 2.24) is 4.90 Å². The van der Waals surface area contributed by atoms with Crippen molar-refractivity contribution in [2.75, 3.05) is 26.8 Å². The first-order chi connectivity index (χ1) is 9.22. The fraction of sp³-hybridized carbons (Fsp3) is 0.533. The zero-order valence-corrected chi connectivity index (χ0v) is 11.3. The quantitative estimate of drug-likeness (QED) is 0.884. The van der Waals surface area contributed by atoms with Gasteiger partial charge in [-0.2, -0.15) is 0 Å². The van der Waals surface area contributed by atoms with E-state index in [1.54, 1.807) is 7.11 Å². The molecular formula is C15H21NO3. The van der Waals surface area contributed by atoms with E-state index in [2.05, 4.69) is 17.0 Å². The summed E-state index contributed by atoms with van der Waals surface area (Å²) in [5.41, 5.74) is 1.19. The van der Waals surface area contributed by atoms with E-state index in [-0.39, 0.29) is 12.0 Å². The third kappa shape index (κ3) is 3.55. The van der Waals surface area contributed by atoms with Gasteiger partial charge in [-0.3, -0.25) is 9.69 Å². The molecule has 0 spiro atoms. The van der Waals surface area contributed by atoms with Gasteiger partial charge in [0.05, 0.1) is 18.6 Å². The summed E-state index contributed by atoms with van der Waals surface area (Å²) >= 11 is 0. The van der Waals surface area contributed by atoms with Gasteiger partial charge in [0, 0.05) is 13.7 Å². The third-order valence-electron chi connectivity index (χ3n) is 3.75. The minimum Gasteiger partial charge on any atom is -0.481 e. The molecule has 4 heteroatoms. The van der Waals surface area contributed by atoms with E-state index in [4.69, 9.17) is 4.74 Å². The monoisotopic (exact) mass is 263 g/mol. The summed E-state index contributed by atoms with van der Waals surface area (Å²) in [6, 6.07) is 10.3. The lowest BCUT2D eigenvalue weighted by atomic mass is 9.95. The van der Waals surface area contributed by atoms with E-state index in [9.17, 15) is 9.90 Å². The van der Waals surface area contributed by atoms with Gasteiger partial charge < -0.3 is 9.84 Å². The molecule has 1 N–H and O–H groups in total. The van der Waals surface area contributed by atoms with Gasteiger partial charge in [-0.05, 0) is 24.9 Å². The fourth-order valence-electron chi connectivity index (χ4n) is 2.74. The highest BCUT2D eigenvalue weighted by atomic mass is 16.5. The summed E-state index contributed by atoms with van der Waals surface area (Å²) < 4.78 is 5.32. The number of likely N-dealkylation sites (tertiary alicyclic amines) is 1. The molecule has 1 saturated heterocycles. The number of hydrogen-bond donors (Lipinski definition) is 1. The van der Waals surface area contributed by atoms with Gasteiger partial charge >= 0.3 is 5.97 Å². The van der Waals surface area contributed by atoms with Crippen LogP contribution in [-0.2, 0) is 9.53 Å². The van der Waals surface area contributed by atoms with E-state index in [0.717, 1.165) is 19.4 Å². The number of ether oxygens (including phenoxy) is 1. The number of carboxylic acid groups (broad SMARTS) is 1. The lowest BCUT2D eigenvalue weighted by Gasteiger charge is -2.37. The highest BCUT2D eigenvalue weighted by molar-refractivity contribution is 5.70. The fourth-order valence-corrected chi connectivity index (χ4v) is 2.74. The molecule has 1 aliphatic heterocycles. The normalized spacial score (nSPS) is 22.1. The predicted octanol–water partition coefficient (Wildman–Crippen LogP) is 2.17. The van der Waals surface area contributed by atoms with E-state index >= 15 is 0 Å². The van der Waals surface area contributed by atoms with Crippen molar-refractivity contribution in [3.05, 3.63) is 35.9 Å². The van der Waals surface area contributed by atoms with E-state index in [1.807, 2.05) is 18.2 Å². The smallest absolute Gasteiger partial charge is 0.307 e. The molecule has 104 valence electrons. The Labute approximate surface area is 114 Å². The van der Waals surface area contributed by atoms with Crippen molar-refractivity contribution < 1.29 is 14.6 Å². The SMILES string of the molecule is COCC(c1ccccc1)N1CCCC(C(=O)O)C1. The highest BCUT2D eigenvalue weighted by Crippen LogP contribution is 2.27. The molecule has 4 nitrogen and oxygen atoms in total. The number of nitrogens with zero attached hydrogens (tertiary/aromatic N) is 1. The van der Waals surface area contributed by atoms with Crippen LogP contribution >= 0.6 is 0 Å². The number of carboxylic acids is 1. The zero-order valence-electron chi connectivity index (χ0n) is 11.3. The molecule has 1 heterocycles. The lowest BCUT2D eigenvalue weighted by Crippen LogP contribution is -2.42. The molecule has 0 bridgehead atoms. The molecule has 0 aliphatic carbocycles. The minimum absolute atomic E-state index is 0.147. The Morgan fingerprint density at radius 2 is 2.21 bits per heavy atom. The highest BCUT2D eigenvalue weighted by Gasteiger charge is 2.30. The average Bonchev–Trinajstić information content (AvgIpc) is 2.46. The largest absolute Gasteiger partial charge is 0.481 e. The van der Waals surface area contributed by atoms with Crippen LogP contribution in [0.2, 0.25) is 0 Å². The van der Waals surface area contributed by atoms with Crippen molar-refractivity contribution in [2.24, 2.45) is 5.92 Å². The standard InChI is InChI=1S/C15H21NO3/c1-19-11-14(12-6-3-2-4-7-12)16-9-5-8-13(10-16)15(17)18/h2-4,6-7,13-14H,5,8-11H2,1H3,(H,17,18). The molecule has 2 rings (SSSR count). The third-order valence-corrected chi connectivity index (χ3v) is 3.75. The van der Waals surface area contributed by atoms with Crippen molar-refractivity contribution in [2.45, 2.75) is 18.9 Å². The number of piperidine rings is 1. The van der Waals surface area contributed by atoms with Crippen molar-refractivity contribution in [3.63, 3.8) is 0 Å². The molecule has 0 saturated carbocycles. The van der Waals surface area contributed by atoms with Crippen LogP contribution in [0.5, 0.6) is 0 Å². The molecule has 0 aromatic heterocycles. The summed E-state index contributed by atoms with van der Waals surface area (Å²) in [5.74, 6) is -0.939. The zero-order chi connectivity index (χ0) is 13.7. The summed E-state index contributed by atoms with van der Waals surface area (Å²) in [6.45, 7) is 2.14. The Morgan fingerprint density at radius 1 is 1.47 bits per heavy atom. The van der Waals surface area contributed by atoms with Gasteiger partial charge in [0.1, 0.15) is 0 Å². The van der Waals surface area contributed by atoms with E-state index in [0.29, 0.717) is 13.2 Å². The Bertz CT molecular complexity index is 407. The first-order valence-electron chi connectivity index (χ1n) is 6.73. The summed E-state index contributed by atoms with van der Waals surface area (Å²) in [5, 5.41) is 9.18. The topological polar surface area (TPSA) is 49.8 Å². The van der Waals surface area contributed by atoms with Gasteiger partial charge in [0.25, 0.3) is 0 Å². The molecule has 1 aromatic carbocycles. The van der Waals surface area contributed by atoms with Gasteiger partial charge in [0.15, 0.2) is 0 Å². The summed E-state index contributed by atoms with van der Waals surface area (Å²) in [7, 11) is 1.69. The van der Waals surface area contributed by atoms with Crippen LogP contribution in [0.1, 0.15) is 24.4 Å². The van der Waals surface area contributed by atoms with Crippen LogP contribution in [0.15, 0.2) is 30.3 Å². The van der Waals surface area contributed by atoms with Crippen molar-refractivity contribution >= 4 is 5.97 Å². The average molecular weight is 263 g/mol. The van der Waals surface area contributed by atoms with Crippen molar-refractivity contribution in [3.8, 4) is 0 Å². The van der Waals surface area contributed by atoms with Gasteiger partial charge in [-0.15, -0.1) is 0 Å². The van der Waals surface area contributed by atoms with Crippen LogP contribution in [0.3, 0.4) is 0 Å². The molecule has 1 fully saturated rings. The van der Waals surface area contributed by atoms with Crippen LogP contribution in [0, 0.1) is 5.92 Å². The molecule has 1 aliphatic rings. The van der Waals surface area contributed by atoms with E-state index in [1.165, 1.54) is 5.56 Å². The maximum Gasteiger partial charge on any atom is 0.307 e. The predicted molar refractivity (Wildman–Crippen MR) is 73.0 cm³/mol. The molecule has 2 unspecified atom stereocenters. The number of methoxy groups -OCH3 is 1. The Balaban J connectivity index is 2.12. The summed E-state index contributed by atoms with van der Waals surface area (Å²) in [4.78, 5) is 13.4. The summed E-state index contributed by atoms with van der Waals surface area (Å²) in [6.07, 6.45) is 1.71. The van der Waals surface area contributed by atoms with Crippen LogP contribution < -0.4 is 0 Å². The van der Waals surface area contributed by atoms with Crippen LogP contribution in [-0.4, -0.2) is 42.8 Å². The Kier molecular flexibility index (Phi) is 4.93. The first-order valence-corrected chi connectivity index (χ1v) is 6.73. The molecule has 0 radical (unpaired) electrons. The first kappa shape index (κ1) is 14.0. The Morgan fingerprint density at radius 3 is 2.84 bits per heavy atom. The maximum atomic E-state index is 11.2.